The number of hydrogen-bond donors (Lipinski definition) is 1. The Kier molecular flexibility index (Phi) is 5.74. The van der Waals surface area contributed by atoms with Crippen LogP contribution in [0.5, 0.6) is 0 Å². The largest absolute Gasteiger partial charge is 0.462 e. The molecule has 1 atom stereocenters. The van der Waals surface area contributed by atoms with E-state index in [0.29, 0.717) is 22.7 Å². The number of halogens is 1. The maximum atomic E-state index is 12.7. The standard InChI is InChI=1S/C21H20ClNO3/c1-14-20(21(25)26-12-11-15-7-3-2-4-8-15)17(13-19(24)23-14)16-9-5-6-10-18(16)22/h2-10,17H,11-13H2,1H3,(H,23,24)/t17-/m0/s1. The van der Waals surface area contributed by atoms with E-state index in [2.05, 4.69) is 5.32 Å². The zero-order valence-corrected chi connectivity index (χ0v) is 15.3. The molecule has 3 rings (SSSR count). The predicted molar refractivity (Wildman–Crippen MR) is 101 cm³/mol. The average molecular weight is 370 g/mol. The summed E-state index contributed by atoms with van der Waals surface area (Å²) in [4.78, 5) is 24.7. The molecule has 0 fully saturated rings. The molecule has 26 heavy (non-hydrogen) atoms. The van der Waals surface area contributed by atoms with Crippen LogP contribution in [-0.4, -0.2) is 18.5 Å². The van der Waals surface area contributed by atoms with Gasteiger partial charge in [0.15, 0.2) is 0 Å². The first-order valence-electron chi connectivity index (χ1n) is 8.52. The van der Waals surface area contributed by atoms with Crippen molar-refractivity contribution >= 4 is 23.5 Å². The normalized spacial score (nSPS) is 17.0. The summed E-state index contributed by atoms with van der Waals surface area (Å²) in [6.45, 7) is 2.00. The third kappa shape index (κ3) is 4.14. The Morgan fingerprint density at radius 1 is 1.15 bits per heavy atom. The van der Waals surface area contributed by atoms with Gasteiger partial charge in [-0.15, -0.1) is 0 Å². The van der Waals surface area contributed by atoms with Crippen molar-refractivity contribution in [3.63, 3.8) is 0 Å². The van der Waals surface area contributed by atoms with Crippen LogP contribution in [0.4, 0.5) is 0 Å². The molecule has 0 saturated heterocycles. The molecular formula is C21H20ClNO3. The van der Waals surface area contributed by atoms with E-state index in [1.807, 2.05) is 48.5 Å². The highest BCUT2D eigenvalue weighted by molar-refractivity contribution is 6.31. The lowest BCUT2D eigenvalue weighted by molar-refractivity contribution is -0.139. The molecule has 5 heteroatoms. The molecule has 0 unspecified atom stereocenters. The van der Waals surface area contributed by atoms with E-state index >= 15 is 0 Å². The van der Waals surface area contributed by atoms with Crippen molar-refractivity contribution in [1.29, 1.82) is 0 Å². The van der Waals surface area contributed by atoms with E-state index in [9.17, 15) is 9.59 Å². The van der Waals surface area contributed by atoms with Crippen LogP contribution in [-0.2, 0) is 20.7 Å². The van der Waals surface area contributed by atoms with Crippen LogP contribution in [0.25, 0.3) is 0 Å². The zero-order valence-electron chi connectivity index (χ0n) is 14.5. The molecular weight excluding hydrogens is 350 g/mol. The van der Waals surface area contributed by atoms with Crippen molar-refractivity contribution in [2.24, 2.45) is 0 Å². The molecule has 4 nitrogen and oxygen atoms in total. The Morgan fingerprint density at radius 2 is 1.85 bits per heavy atom. The molecule has 1 heterocycles. The zero-order chi connectivity index (χ0) is 18.5. The minimum absolute atomic E-state index is 0.131. The fourth-order valence-electron chi connectivity index (χ4n) is 3.18. The number of ether oxygens (including phenoxy) is 1. The van der Waals surface area contributed by atoms with Crippen molar-refractivity contribution in [1.82, 2.24) is 5.32 Å². The first-order chi connectivity index (χ1) is 12.6. The predicted octanol–water partition coefficient (Wildman–Crippen LogP) is 4.00. The van der Waals surface area contributed by atoms with E-state index in [4.69, 9.17) is 16.3 Å². The van der Waals surface area contributed by atoms with Gasteiger partial charge < -0.3 is 10.1 Å². The molecule has 2 aromatic carbocycles. The van der Waals surface area contributed by atoms with Crippen molar-refractivity contribution in [2.75, 3.05) is 6.61 Å². The number of rotatable bonds is 5. The third-order valence-electron chi connectivity index (χ3n) is 4.44. The lowest BCUT2D eigenvalue weighted by atomic mass is 9.84. The van der Waals surface area contributed by atoms with Crippen molar-refractivity contribution < 1.29 is 14.3 Å². The van der Waals surface area contributed by atoms with Gasteiger partial charge in [-0.1, -0.05) is 60.1 Å². The molecule has 2 aromatic rings. The first-order valence-corrected chi connectivity index (χ1v) is 8.90. The second-order valence-electron chi connectivity index (χ2n) is 6.24. The number of hydrogen-bond acceptors (Lipinski definition) is 3. The topological polar surface area (TPSA) is 55.4 Å². The Bertz CT molecular complexity index is 845. The highest BCUT2D eigenvalue weighted by Gasteiger charge is 2.33. The van der Waals surface area contributed by atoms with Gasteiger partial charge in [0.1, 0.15) is 0 Å². The highest BCUT2D eigenvalue weighted by atomic mass is 35.5. The Balaban J connectivity index is 1.78. The summed E-state index contributed by atoms with van der Waals surface area (Å²) in [5.74, 6) is -0.946. The van der Waals surface area contributed by atoms with Gasteiger partial charge >= 0.3 is 5.97 Å². The minimum Gasteiger partial charge on any atom is -0.462 e. The summed E-state index contributed by atoms with van der Waals surface area (Å²) in [5.41, 5.74) is 2.85. The third-order valence-corrected chi connectivity index (χ3v) is 4.78. The summed E-state index contributed by atoms with van der Waals surface area (Å²) in [7, 11) is 0. The van der Waals surface area contributed by atoms with E-state index < -0.39 is 11.9 Å². The van der Waals surface area contributed by atoms with Gasteiger partial charge in [0.05, 0.1) is 12.2 Å². The van der Waals surface area contributed by atoms with Crippen LogP contribution in [0.2, 0.25) is 5.02 Å². The lowest BCUT2D eigenvalue weighted by Crippen LogP contribution is -2.34. The quantitative estimate of drug-likeness (QED) is 0.810. The molecule has 0 spiro atoms. The summed E-state index contributed by atoms with van der Waals surface area (Å²) in [6.07, 6.45) is 0.812. The second-order valence-corrected chi connectivity index (χ2v) is 6.64. The number of benzene rings is 2. The Morgan fingerprint density at radius 3 is 2.58 bits per heavy atom. The number of esters is 1. The van der Waals surface area contributed by atoms with Gasteiger partial charge in [0.2, 0.25) is 5.91 Å². The molecule has 1 N–H and O–H groups in total. The maximum absolute atomic E-state index is 12.7. The van der Waals surface area contributed by atoms with Crippen LogP contribution in [0.3, 0.4) is 0 Å². The number of carbonyl (C=O) groups excluding carboxylic acids is 2. The Labute approximate surface area is 157 Å². The number of amides is 1. The van der Waals surface area contributed by atoms with Crippen molar-refractivity contribution in [2.45, 2.75) is 25.7 Å². The fraction of sp³-hybridized carbons (Fsp3) is 0.238. The van der Waals surface area contributed by atoms with Gasteiger partial charge in [-0.2, -0.15) is 0 Å². The maximum Gasteiger partial charge on any atom is 0.336 e. The molecule has 0 aromatic heterocycles. The van der Waals surface area contributed by atoms with Gasteiger partial charge in [-0.3, -0.25) is 4.79 Å². The van der Waals surface area contributed by atoms with E-state index in [0.717, 1.165) is 11.1 Å². The summed E-state index contributed by atoms with van der Waals surface area (Å²) >= 11 is 6.30. The molecule has 134 valence electrons. The summed E-state index contributed by atoms with van der Waals surface area (Å²) in [5, 5.41) is 3.27. The average Bonchev–Trinajstić information content (AvgIpc) is 2.62. The van der Waals surface area contributed by atoms with E-state index in [-0.39, 0.29) is 18.9 Å². The molecule has 0 saturated carbocycles. The molecule has 1 aliphatic heterocycles. The Hall–Kier alpha value is -2.59. The second kappa shape index (κ2) is 8.19. The van der Waals surface area contributed by atoms with Crippen LogP contribution in [0.15, 0.2) is 65.9 Å². The van der Waals surface area contributed by atoms with Crippen LogP contribution < -0.4 is 5.32 Å². The van der Waals surface area contributed by atoms with Gasteiger partial charge in [0, 0.05) is 29.5 Å². The van der Waals surface area contributed by atoms with Gasteiger partial charge in [0.25, 0.3) is 0 Å². The molecule has 1 aliphatic rings. The van der Waals surface area contributed by atoms with Crippen molar-refractivity contribution in [3.05, 3.63) is 82.0 Å². The summed E-state index contributed by atoms with van der Waals surface area (Å²) < 4.78 is 5.49. The van der Waals surface area contributed by atoms with Crippen LogP contribution in [0, 0.1) is 0 Å². The SMILES string of the molecule is CC1=C(C(=O)OCCc2ccccc2)[C@H](c2ccccc2Cl)CC(=O)N1. The molecule has 0 radical (unpaired) electrons. The van der Waals surface area contributed by atoms with Gasteiger partial charge in [-0.05, 0) is 24.1 Å². The van der Waals surface area contributed by atoms with Crippen molar-refractivity contribution in [3.8, 4) is 0 Å². The van der Waals surface area contributed by atoms with Crippen LogP contribution >= 0.6 is 11.6 Å². The first kappa shape index (κ1) is 18.2. The fourth-order valence-corrected chi connectivity index (χ4v) is 3.45. The molecule has 1 amide bonds. The van der Waals surface area contributed by atoms with E-state index in [1.165, 1.54) is 0 Å². The molecule has 0 aliphatic carbocycles. The minimum atomic E-state index is -0.414. The molecule has 0 bridgehead atoms. The smallest absolute Gasteiger partial charge is 0.336 e. The monoisotopic (exact) mass is 369 g/mol. The number of carbonyl (C=O) groups is 2. The number of allylic oxidation sites excluding steroid dienone is 1. The van der Waals surface area contributed by atoms with E-state index in [1.54, 1.807) is 13.0 Å². The van der Waals surface area contributed by atoms with Gasteiger partial charge in [-0.25, -0.2) is 4.79 Å². The number of nitrogens with one attached hydrogen (secondary N) is 1. The highest BCUT2D eigenvalue weighted by Crippen LogP contribution is 2.36. The summed E-state index contributed by atoms with van der Waals surface area (Å²) in [6, 6.07) is 17.1. The lowest BCUT2D eigenvalue weighted by Gasteiger charge is -2.27. The van der Waals surface area contributed by atoms with Crippen LogP contribution in [0.1, 0.15) is 30.4 Å².